The molecule has 0 bridgehead atoms. The van der Waals surface area contributed by atoms with E-state index in [-0.39, 0.29) is 28.5 Å². The van der Waals surface area contributed by atoms with E-state index >= 15 is 0 Å². The predicted octanol–water partition coefficient (Wildman–Crippen LogP) is 3.13. The normalized spacial score (nSPS) is 21.0. The lowest BCUT2D eigenvalue weighted by Gasteiger charge is -2.23. The van der Waals surface area contributed by atoms with Gasteiger partial charge in [0.25, 0.3) is 5.69 Å². The molecule has 2 aromatic carbocycles. The number of hydrogen-bond donors (Lipinski definition) is 0. The van der Waals surface area contributed by atoms with Gasteiger partial charge in [-0.05, 0) is 55.7 Å². The molecule has 0 spiro atoms. The molecule has 0 aromatic heterocycles. The zero-order valence-electron chi connectivity index (χ0n) is 20.6. The van der Waals surface area contributed by atoms with Crippen LogP contribution < -0.4 is 4.74 Å². The van der Waals surface area contributed by atoms with Crippen LogP contribution in [0, 0.1) is 27.9 Å². The lowest BCUT2D eigenvalue weighted by Crippen LogP contribution is -2.45. The lowest BCUT2D eigenvalue weighted by molar-refractivity contribution is -0.384. The maximum atomic E-state index is 12.8. The Morgan fingerprint density at radius 2 is 1.66 bits per heavy atom. The molecule has 0 N–H and O–H groups in total. The van der Waals surface area contributed by atoms with Gasteiger partial charge in [0.2, 0.25) is 11.8 Å². The van der Waals surface area contributed by atoms with E-state index in [1.54, 1.807) is 0 Å². The number of non-ortho nitro benzene ring substituents is 1. The van der Waals surface area contributed by atoms with Crippen LogP contribution >= 0.6 is 0 Å². The molecule has 196 valence electrons. The van der Waals surface area contributed by atoms with Crippen molar-refractivity contribution in [3.63, 3.8) is 0 Å². The van der Waals surface area contributed by atoms with Crippen LogP contribution in [0.3, 0.4) is 0 Å². The third kappa shape index (κ3) is 5.22. The van der Waals surface area contributed by atoms with Gasteiger partial charge in [0, 0.05) is 17.7 Å². The number of ketones is 1. The molecule has 1 heterocycles. The van der Waals surface area contributed by atoms with Gasteiger partial charge in [-0.15, -0.1) is 0 Å². The molecular formula is C27H24N2O9. The molecule has 2 amide bonds. The first-order valence-corrected chi connectivity index (χ1v) is 11.9. The van der Waals surface area contributed by atoms with E-state index in [2.05, 4.69) is 0 Å². The molecule has 1 aliphatic carbocycles. The number of Topliss-reactive ketones (excluding diaryl/α,β-unsaturated/α-hetero) is 1. The number of allylic oxidation sites excluding steroid dienone is 2. The summed E-state index contributed by atoms with van der Waals surface area (Å²) in [6.45, 7) is 2.64. The highest BCUT2D eigenvalue weighted by Gasteiger charge is 2.52. The summed E-state index contributed by atoms with van der Waals surface area (Å²) in [5.41, 5.74) is 0.125. The number of ether oxygens (including phenoxy) is 2. The van der Waals surface area contributed by atoms with Crippen LogP contribution in [-0.4, -0.2) is 52.0 Å². The molecule has 0 saturated carbocycles. The highest BCUT2D eigenvalue weighted by molar-refractivity contribution is 6.08. The third-order valence-corrected chi connectivity index (χ3v) is 6.68. The number of carbonyl (C=O) groups excluding carboxylic acids is 5. The van der Waals surface area contributed by atoms with Gasteiger partial charge in [-0.1, -0.05) is 19.1 Å². The molecule has 4 rings (SSSR count). The number of hydrogen-bond acceptors (Lipinski definition) is 9. The molecule has 2 aromatic rings. The van der Waals surface area contributed by atoms with E-state index in [4.69, 9.17) is 9.47 Å². The summed E-state index contributed by atoms with van der Waals surface area (Å²) in [5.74, 6) is -3.94. The minimum atomic E-state index is -1.16. The number of rotatable bonds is 8. The SMILES string of the molecule is CC1C=CCC2C(=O)N(C(C)C(=O)OCC(=O)c3ccc(OC(=O)c4ccc([N+](=O)[O-])cc4)cc3)C(=O)C12. The van der Waals surface area contributed by atoms with Crippen LogP contribution in [0.5, 0.6) is 5.75 Å². The van der Waals surface area contributed by atoms with E-state index in [1.807, 2.05) is 19.1 Å². The number of esters is 2. The van der Waals surface area contributed by atoms with E-state index in [9.17, 15) is 34.1 Å². The number of amides is 2. The zero-order valence-corrected chi connectivity index (χ0v) is 20.6. The van der Waals surface area contributed by atoms with Crippen molar-refractivity contribution in [3.05, 3.63) is 81.9 Å². The fourth-order valence-corrected chi connectivity index (χ4v) is 4.59. The van der Waals surface area contributed by atoms with Crippen LogP contribution in [0.25, 0.3) is 0 Å². The Labute approximate surface area is 217 Å². The van der Waals surface area contributed by atoms with Crippen LogP contribution in [0.4, 0.5) is 5.69 Å². The monoisotopic (exact) mass is 520 g/mol. The Hall–Kier alpha value is -4.67. The molecule has 1 fully saturated rings. The number of imide groups is 1. The first kappa shape index (κ1) is 26.4. The first-order valence-electron chi connectivity index (χ1n) is 11.9. The fraction of sp³-hybridized carbons (Fsp3) is 0.296. The molecule has 2 aliphatic rings. The summed E-state index contributed by atoms with van der Waals surface area (Å²) in [6, 6.07) is 9.24. The van der Waals surface area contributed by atoms with Crippen molar-refractivity contribution in [3.8, 4) is 5.75 Å². The Morgan fingerprint density at radius 3 is 2.26 bits per heavy atom. The molecule has 1 aliphatic heterocycles. The molecule has 4 unspecified atom stereocenters. The van der Waals surface area contributed by atoms with E-state index in [0.717, 1.165) is 4.90 Å². The van der Waals surface area contributed by atoms with Gasteiger partial charge in [0.05, 0.1) is 22.3 Å². The second-order valence-electron chi connectivity index (χ2n) is 9.13. The Bertz CT molecular complexity index is 1330. The number of likely N-dealkylation sites (tertiary alicyclic amines) is 1. The van der Waals surface area contributed by atoms with Gasteiger partial charge >= 0.3 is 11.9 Å². The fourth-order valence-electron chi connectivity index (χ4n) is 4.59. The number of nitro benzene ring substituents is 1. The quantitative estimate of drug-likeness (QED) is 0.0972. The summed E-state index contributed by atoms with van der Waals surface area (Å²) >= 11 is 0. The number of nitro groups is 1. The average Bonchev–Trinajstić information content (AvgIpc) is 3.17. The third-order valence-electron chi connectivity index (χ3n) is 6.68. The average molecular weight is 520 g/mol. The standard InChI is InChI=1S/C27H24N2O9/c1-15-4-3-5-21-23(15)25(32)28(24(21)31)16(2)26(33)37-14-22(30)17-8-12-20(13-9-17)38-27(34)18-6-10-19(11-7-18)29(35)36/h3-4,6-13,15-16,21,23H,5,14H2,1-2H3. The highest BCUT2D eigenvalue weighted by Crippen LogP contribution is 2.39. The topological polar surface area (TPSA) is 150 Å². The van der Waals surface area contributed by atoms with E-state index in [0.29, 0.717) is 6.42 Å². The number of carbonyl (C=O) groups is 5. The van der Waals surface area contributed by atoms with Crippen molar-refractivity contribution in [2.75, 3.05) is 6.61 Å². The highest BCUT2D eigenvalue weighted by atomic mass is 16.6. The van der Waals surface area contributed by atoms with Gasteiger partial charge in [0.1, 0.15) is 11.8 Å². The molecular weight excluding hydrogens is 496 g/mol. The van der Waals surface area contributed by atoms with Gasteiger partial charge < -0.3 is 9.47 Å². The Balaban J connectivity index is 1.31. The van der Waals surface area contributed by atoms with Gasteiger partial charge in [0.15, 0.2) is 12.4 Å². The minimum Gasteiger partial charge on any atom is -0.456 e. The Kier molecular flexibility index (Phi) is 7.47. The van der Waals surface area contributed by atoms with Crippen molar-refractivity contribution in [2.24, 2.45) is 17.8 Å². The maximum absolute atomic E-state index is 12.8. The zero-order chi connectivity index (χ0) is 27.6. The summed E-state index contributed by atoms with van der Waals surface area (Å²) in [6.07, 6.45) is 4.19. The Morgan fingerprint density at radius 1 is 1.03 bits per heavy atom. The molecule has 4 atom stereocenters. The molecule has 1 saturated heterocycles. The molecule has 11 heteroatoms. The van der Waals surface area contributed by atoms with Crippen molar-refractivity contribution in [2.45, 2.75) is 26.3 Å². The van der Waals surface area contributed by atoms with Crippen molar-refractivity contribution < 1.29 is 38.4 Å². The molecule has 0 radical (unpaired) electrons. The second kappa shape index (κ2) is 10.8. The van der Waals surface area contributed by atoms with E-state index in [1.165, 1.54) is 55.5 Å². The smallest absolute Gasteiger partial charge is 0.343 e. The largest absolute Gasteiger partial charge is 0.456 e. The van der Waals surface area contributed by atoms with Gasteiger partial charge in [-0.2, -0.15) is 0 Å². The van der Waals surface area contributed by atoms with Crippen LogP contribution in [0.15, 0.2) is 60.7 Å². The van der Waals surface area contributed by atoms with Crippen LogP contribution in [0.1, 0.15) is 41.0 Å². The summed E-state index contributed by atoms with van der Waals surface area (Å²) < 4.78 is 10.3. The summed E-state index contributed by atoms with van der Waals surface area (Å²) in [5, 5.41) is 10.7. The van der Waals surface area contributed by atoms with E-state index < -0.39 is 58.9 Å². The first-order chi connectivity index (χ1) is 18.1. The lowest BCUT2D eigenvalue weighted by atomic mass is 9.78. The molecule has 38 heavy (non-hydrogen) atoms. The predicted molar refractivity (Wildman–Crippen MR) is 131 cm³/mol. The maximum Gasteiger partial charge on any atom is 0.343 e. The van der Waals surface area contributed by atoms with Crippen LogP contribution in [0.2, 0.25) is 0 Å². The van der Waals surface area contributed by atoms with Crippen molar-refractivity contribution in [1.82, 2.24) is 4.90 Å². The second-order valence-corrected chi connectivity index (χ2v) is 9.13. The van der Waals surface area contributed by atoms with Gasteiger partial charge in [-0.25, -0.2) is 9.59 Å². The van der Waals surface area contributed by atoms with Crippen molar-refractivity contribution in [1.29, 1.82) is 0 Å². The summed E-state index contributed by atoms with van der Waals surface area (Å²) in [7, 11) is 0. The molecule has 11 nitrogen and oxygen atoms in total. The number of fused-ring (bicyclic) bond motifs is 1. The number of nitrogens with zero attached hydrogens (tertiary/aromatic N) is 2. The number of benzene rings is 2. The van der Waals surface area contributed by atoms with Crippen molar-refractivity contribution >= 4 is 35.2 Å². The summed E-state index contributed by atoms with van der Waals surface area (Å²) in [4.78, 5) is 74.0. The van der Waals surface area contributed by atoms with Gasteiger partial charge in [-0.3, -0.25) is 29.4 Å². The minimum absolute atomic E-state index is 0.108. The van der Waals surface area contributed by atoms with Crippen LogP contribution in [-0.2, 0) is 19.1 Å².